The highest BCUT2D eigenvalue weighted by atomic mass is 16.5. The van der Waals surface area contributed by atoms with Gasteiger partial charge in [-0.3, -0.25) is 0 Å². The molecule has 0 spiro atoms. The van der Waals surface area contributed by atoms with Crippen LogP contribution >= 0.6 is 0 Å². The minimum atomic E-state index is 0.569. The van der Waals surface area contributed by atoms with Crippen molar-refractivity contribution in [3.8, 4) is 50.5 Å². The molecule has 8 aromatic carbocycles. The number of nitrogens with zero attached hydrogens (tertiary/aromatic N) is 2. The van der Waals surface area contributed by atoms with Crippen molar-refractivity contribution in [2.75, 3.05) is 0 Å². The summed E-state index contributed by atoms with van der Waals surface area (Å²) in [6.07, 6.45) is 0. The summed E-state index contributed by atoms with van der Waals surface area (Å²) in [7, 11) is 0. The average molecular weight is 665 g/mol. The minimum absolute atomic E-state index is 0.569. The molecule has 3 heteroatoms. The Morgan fingerprint density at radius 1 is 0.385 bits per heavy atom. The number of benzene rings is 8. The van der Waals surface area contributed by atoms with E-state index in [2.05, 4.69) is 185 Å². The Balaban J connectivity index is 1.07. The third-order valence-corrected chi connectivity index (χ3v) is 10.8. The van der Waals surface area contributed by atoms with Gasteiger partial charge in [0.2, 0.25) is 0 Å². The number of aromatic nitrogens is 2. The van der Waals surface area contributed by atoms with Gasteiger partial charge in [-0.2, -0.15) is 0 Å². The molecule has 0 unspecified atom stereocenters. The molecule has 0 bridgehead atoms. The van der Waals surface area contributed by atoms with Crippen LogP contribution in [0.15, 0.2) is 182 Å². The van der Waals surface area contributed by atoms with E-state index in [-0.39, 0.29) is 0 Å². The van der Waals surface area contributed by atoms with Crippen LogP contribution in [-0.2, 0) is 6.61 Å². The molecule has 1 aliphatic heterocycles. The van der Waals surface area contributed by atoms with Crippen molar-refractivity contribution in [3.05, 3.63) is 188 Å². The van der Waals surface area contributed by atoms with Gasteiger partial charge in [-0.15, -0.1) is 0 Å². The van der Waals surface area contributed by atoms with Gasteiger partial charge in [0.25, 0.3) is 0 Å². The van der Waals surface area contributed by atoms with E-state index in [1.807, 2.05) is 6.07 Å². The van der Waals surface area contributed by atoms with E-state index in [0.29, 0.717) is 6.61 Å². The fraction of sp³-hybridized carbons (Fsp3) is 0.0204. The zero-order valence-electron chi connectivity index (χ0n) is 28.3. The lowest BCUT2D eigenvalue weighted by molar-refractivity contribution is 0.302. The lowest BCUT2D eigenvalue weighted by Gasteiger charge is -2.24. The van der Waals surface area contributed by atoms with E-state index in [0.717, 1.165) is 17.0 Å². The zero-order valence-corrected chi connectivity index (χ0v) is 28.3. The van der Waals surface area contributed by atoms with Gasteiger partial charge in [0.05, 0.1) is 27.8 Å². The number of ether oxygens (including phenoxy) is 1. The van der Waals surface area contributed by atoms with Gasteiger partial charge >= 0.3 is 0 Å². The molecular weight excluding hydrogens is 633 g/mol. The summed E-state index contributed by atoms with van der Waals surface area (Å²) in [6.45, 7) is 0.569. The summed E-state index contributed by atoms with van der Waals surface area (Å²) in [6, 6.07) is 65.9. The first-order valence-corrected chi connectivity index (χ1v) is 17.9. The van der Waals surface area contributed by atoms with Crippen molar-refractivity contribution in [2.24, 2.45) is 0 Å². The van der Waals surface area contributed by atoms with Gasteiger partial charge < -0.3 is 13.9 Å². The molecular formula is C49H32N2O. The summed E-state index contributed by atoms with van der Waals surface area (Å²) in [5.41, 5.74) is 15.6. The Morgan fingerprint density at radius 2 is 0.942 bits per heavy atom. The van der Waals surface area contributed by atoms with Gasteiger partial charge in [0.15, 0.2) is 0 Å². The van der Waals surface area contributed by atoms with Crippen LogP contribution in [-0.4, -0.2) is 9.13 Å². The van der Waals surface area contributed by atoms with Crippen LogP contribution < -0.4 is 4.74 Å². The largest absolute Gasteiger partial charge is 0.488 e. The molecule has 52 heavy (non-hydrogen) atoms. The lowest BCUT2D eigenvalue weighted by atomic mass is 9.95. The fourth-order valence-electron chi connectivity index (χ4n) is 8.43. The second kappa shape index (κ2) is 11.3. The first kappa shape index (κ1) is 28.9. The quantitative estimate of drug-likeness (QED) is 0.183. The molecule has 3 nitrogen and oxygen atoms in total. The normalized spacial score (nSPS) is 12.3. The van der Waals surface area contributed by atoms with E-state index >= 15 is 0 Å². The highest BCUT2D eigenvalue weighted by Gasteiger charge is 2.23. The number of hydrogen-bond donors (Lipinski definition) is 0. The summed E-state index contributed by atoms with van der Waals surface area (Å²) in [4.78, 5) is 0. The third-order valence-electron chi connectivity index (χ3n) is 10.8. The van der Waals surface area contributed by atoms with Gasteiger partial charge in [-0.05, 0) is 88.5 Å². The SMILES string of the molecule is c1ccc(-c2ccc(-n3c4ccccc4c4cc(-c5ccc6c(c5)c5ccccc5n6-c5cccc6c5-c5ccccc5OC6)ccc43)cc2)cc1. The van der Waals surface area contributed by atoms with Gasteiger partial charge in [0, 0.05) is 38.4 Å². The Morgan fingerprint density at radius 3 is 1.67 bits per heavy atom. The second-order valence-electron chi connectivity index (χ2n) is 13.7. The molecule has 10 aromatic rings. The Kier molecular flexibility index (Phi) is 6.31. The monoisotopic (exact) mass is 664 g/mol. The Bertz CT molecular complexity index is 3000. The third kappa shape index (κ3) is 4.33. The average Bonchev–Trinajstić information content (AvgIpc) is 3.73. The van der Waals surface area contributed by atoms with Crippen LogP contribution in [0.1, 0.15) is 5.56 Å². The van der Waals surface area contributed by atoms with E-state index in [9.17, 15) is 0 Å². The highest BCUT2D eigenvalue weighted by molar-refractivity contribution is 6.13. The molecule has 1 aliphatic rings. The molecule has 0 radical (unpaired) electrons. The van der Waals surface area contributed by atoms with Crippen LogP contribution in [0.2, 0.25) is 0 Å². The maximum Gasteiger partial charge on any atom is 0.127 e. The second-order valence-corrected chi connectivity index (χ2v) is 13.7. The molecule has 0 saturated heterocycles. The summed E-state index contributed by atoms with van der Waals surface area (Å²) < 4.78 is 11.0. The topological polar surface area (TPSA) is 19.1 Å². The summed E-state index contributed by atoms with van der Waals surface area (Å²) >= 11 is 0. The molecule has 244 valence electrons. The number of para-hydroxylation sites is 3. The minimum Gasteiger partial charge on any atom is -0.488 e. The van der Waals surface area contributed by atoms with E-state index in [1.54, 1.807) is 0 Å². The van der Waals surface area contributed by atoms with Crippen LogP contribution in [0.3, 0.4) is 0 Å². The van der Waals surface area contributed by atoms with E-state index < -0.39 is 0 Å². The smallest absolute Gasteiger partial charge is 0.127 e. The molecule has 3 heterocycles. The predicted octanol–water partition coefficient (Wildman–Crippen LogP) is 12.8. The first-order valence-electron chi connectivity index (χ1n) is 17.9. The zero-order chi connectivity index (χ0) is 34.2. The lowest BCUT2D eigenvalue weighted by Crippen LogP contribution is -2.08. The summed E-state index contributed by atoms with van der Waals surface area (Å²) in [5, 5.41) is 4.99. The van der Waals surface area contributed by atoms with Crippen LogP contribution in [0.25, 0.3) is 88.4 Å². The molecule has 2 aromatic heterocycles. The van der Waals surface area contributed by atoms with Crippen LogP contribution in [0.5, 0.6) is 5.75 Å². The maximum absolute atomic E-state index is 6.16. The molecule has 0 saturated carbocycles. The standard InChI is InChI=1S/C49H32N2O/c1-2-11-32(12-3-1)33-21-25-37(26-22-33)50-43-17-7-4-14-38(43)41-29-34(23-27-45(41)50)35-24-28-46-42(30-35)39-15-5-8-18-44(39)51(46)47-19-10-13-36-31-52-48-20-9-6-16-40(48)49(36)47/h1-30H,31H2. The first-order chi connectivity index (χ1) is 25.8. The van der Waals surface area contributed by atoms with Crippen LogP contribution in [0.4, 0.5) is 0 Å². The van der Waals surface area contributed by atoms with Crippen molar-refractivity contribution in [1.29, 1.82) is 0 Å². The number of fused-ring (bicyclic) bond motifs is 9. The van der Waals surface area contributed by atoms with Gasteiger partial charge in [-0.1, -0.05) is 121 Å². The van der Waals surface area contributed by atoms with Crippen molar-refractivity contribution < 1.29 is 4.74 Å². The molecule has 11 rings (SSSR count). The maximum atomic E-state index is 6.16. The Labute approximate surface area is 301 Å². The molecule has 0 amide bonds. The fourth-order valence-corrected chi connectivity index (χ4v) is 8.43. The number of rotatable bonds is 4. The molecule has 0 fully saturated rings. The van der Waals surface area contributed by atoms with Crippen molar-refractivity contribution in [1.82, 2.24) is 9.13 Å². The van der Waals surface area contributed by atoms with E-state index in [4.69, 9.17) is 4.74 Å². The Hall–Kier alpha value is -6.84. The van der Waals surface area contributed by atoms with E-state index in [1.165, 1.54) is 82.7 Å². The van der Waals surface area contributed by atoms with Gasteiger partial charge in [-0.25, -0.2) is 0 Å². The predicted molar refractivity (Wildman–Crippen MR) is 216 cm³/mol. The number of hydrogen-bond acceptors (Lipinski definition) is 1. The highest BCUT2D eigenvalue weighted by Crippen LogP contribution is 2.44. The van der Waals surface area contributed by atoms with Crippen molar-refractivity contribution in [3.63, 3.8) is 0 Å². The van der Waals surface area contributed by atoms with Crippen molar-refractivity contribution >= 4 is 43.6 Å². The molecule has 0 atom stereocenters. The molecule has 0 N–H and O–H groups in total. The van der Waals surface area contributed by atoms with Crippen LogP contribution in [0, 0.1) is 0 Å². The van der Waals surface area contributed by atoms with Gasteiger partial charge in [0.1, 0.15) is 12.4 Å². The molecule has 0 aliphatic carbocycles. The van der Waals surface area contributed by atoms with Crippen molar-refractivity contribution in [2.45, 2.75) is 6.61 Å². The summed E-state index contributed by atoms with van der Waals surface area (Å²) in [5.74, 6) is 0.937.